The monoisotopic (exact) mass is 248 g/mol. The lowest BCUT2D eigenvalue weighted by molar-refractivity contribution is -1.02. The molecule has 0 saturated carbocycles. The highest BCUT2D eigenvalue weighted by Crippen LogP contribution is 2.30. The van der Waals surface area contributed by atoms with Crippen molar-refractivity contribution in [3.05, 3.63) is 40.6 Å². The van der Waals surface area contributed by atoms with Crippen molar-refractivity contribution in [1.82, 2.24) is 4.90 Å². The van der Waals surface area contributed by atoms with Crippen molar-refractivity contribution in [2.75, 3.05) is 6.54 Å². The number of hydrogen-bond donors (Lipinski definition) is 1. The maximum atomic E-state index is 12.0. The van der Waals surface area contributed by atoms with Gasteiger partial charge >= 0.3 is 5.91 Å². The molecule has 92 valence electrons. The van der Waals surface area contributed by atoms with E-state index in [9.17, 15) is 19.6 Å². The standard InChI is InChI=1S/C11H8N2O5/c14-9-6-3-1-2-4-7(6)10(15)12(9)8-5-13(17,18)11(8)16/h1-4,8,17H,5H2. The van der Waals surface area contributed by atoms with Gasteiger partial charge in [0, 0.05) is 0 Å². The minimum Gasteiger partial charge on any atom is -0.591 e. The Bertz CT molecular complexity index is 560. The Kier molecular flexibility index (Phi) is 1.98. The number of nitrogens with zero attached hydrogens (tertiary/aromatic N) is 2. The Balaban J connectivity index is 1.97. The molecule has 0 aliphatic carbocycles. The van der Waals surface area contributed by atoms with E-state index < -0.39 is 35.1 Å². The molecule has 18 heavy (non-hydrogen) atoms. The molecular formula is C11H8N2O5. The number of carbonyl (C=O) groups excluding carboxylic acids is 3. The van der Waals surface area contributed by atoms with Gasteiger partial charge in [-0.3, -0.25) is 14.5 Å². The second-order valence-electron chi connectivity index (χ2n) is 4.26. The number of imide groups is 1. The van der Waals surface area contributed by atoms with E-state index in [-0.39, 0.29) is 11.1 Å². The highest BCUT2D eigenvalue weighted by Gasteiger charge is 2.58. The number of rotatable bonds is 1. The smallest absolute Gasteiger partial charge is 0.375 e. The van der Waals surface area contributed by atoms with Gasteiger partial charge in [0.2, 0.25) is 6.04 Å². The fourth-order valence-electron chi connectivity index (χ4n) is 2.21. The Hall–Kier alpha value is -2.09. The minimum absolute atomic E-state index is 0.212. The first-order valence-electron chi connectivity index (χ1n) is 5.26. The van der Waals surface area contributed by atoms with Crippen LogP contribution in [0.5, 0.6) is 0 Å². The number of quaternary nitrogens is 1. The topological polar surface area (TPSA) is 97.7 Å². The largest absolute Gasteiger partial charge is 0.591 e. The molecule has 1 saturated heterocycles. The summed E-state index contributed by atoms with van der Waals surface area (Å²) in [4.78, 5) is 34.0. The summed E-state index contributed by atoms with van der Waals surface area (Å²) in [5, 5.41) is 20.0. The number of β-lactam (4-membered cyclic amide) rings is 1. The molecule has 7 heteroatoms. The van der Waals surface area contributed by atoms with Crippen molar-refractivity contribution in [1.29, 1.82) is 0 Å². The third-order valence-electron chi connectivity index (χ3n) is 3.19. The first kappa shape index (κ1) is 11.0. The molecule has 0 aromatic heterocycles. The molecule has 2 atom stereocenters. The van der Waals surface area contributed by atoms with Gasteiger partial charge in [-0.2, -0.15) is 0 Å². The van der Waals surface area contributed by atoms with Gasteiger partial charge in [0.25, 0.3) is 11.8 Å². The van der Waals surface area contributed by atoms with Gasteiger partial charge in [-0.05, 0) is 12.1 Å². The van der Waals surface area contributed by atoms with Gasteiger partial charge in [-0.15, -0.1) is 4.81 Å². The number of hydroxylamine groups is 4. The number of carbonyl (C=O) groups is 3. The van der Waals surface area contributed by atoms with Crippen LogP contribution in [0.15, 0.2) is 24.3 Å². The molecule has 7 nitrogen and oxygen atoms in total. The van der Waals surface area contributed by atoms with Crippen molar-refractivity contribution in [3.63, 3.8) is 0 Å². The average Bonchev–Trinajstić information content (AvgIpc) is 2.60. The van der Waals surface area contributed by atoms with E-state index in [4.69, 9.17) is 5.21 Å². The third-order valence-corrected chi connectivity index (χ3v) is 3.19. The number of fused-ring (bicyclic) bond motifs is 1. The average molecular weight is 248 g/mol. The molecule has 0 spiro atoms. The predicted molar refractivity (Wildman–Crippen MR) is 56.0 cm³/mol. The highest BCUT2D eigenvalue weighted by atomic mass is 16.9. The summed E-state index contributed by atoms with van der Waals surface area (Å²) in [6.07, 6.45) is 0. The van der Waals surface area contributed by atoms with Gasteiger partial charge < -0.3 is 5.21 Å². The zero-order chi connectivity index (χ0) is 13.1. The molecule has 2 aliphatic heterocycles. The zero-order valence-corrected chi connectivity index (χ0v) is 9.07. The second kappa shape index (κ2) is 3.22. The Morgan fingerprint density at radius 1 is 1.17 bits per heavy atom. The third kappa shape index (κ3) is 1.20. The molecule has 0 bridgehead atoms. The van der Waals surface area contributed by atoms with E-state index in [2.05, 4.69) is 0 Å². The van der Waals surface area contributed by atoms with E-state index in [0.717, 1.165) is 4.90 Å². The number of amides is 3. The molecule has 1 fully saturated rings. The zero-order valence-electron chi connectivity index (χ0n) is 9.07. The molecule has 0 radical (unpaired) electrons. The van der Waals surface area contributed by atoms with Crippen LogP contribution in [0.3, 0.4) is 0 Å². The molecule has 1 aromatic carbocycles. The summed E-state index contributed by atoms with van der Waals surface area (Å²) >= 11 is 0. The molecule has 1 aromatic rings. The van der Waals surface area contributed by atoms with Crippen LogP contribution in [0.1, 0.15) is 20.7 Å². The minimum atomic E-state index is -2.03. The second-order valence-corrected chi connectivity index (χ2v) is 4.26. The summed E-state index contributed by atoms with van der Waals surface area (Å²) in [6, 6.07) is 5.01. The molecule has 2 unspecified atom stereocenters. The van der Waals surface area contributed by atoms with Crippen LogP contribution >= 0.6 is 0 Å². The first-order chi connectivity index (χ1) is 8.43. The Morgan fingerprint density at radius 3 is 2.06 bits per heavy atom. The van der Waals surface area contributed by atoms with Crippen LogP contribution in [0.25, 0.3) is 0 Å². The van der Waals surface area contributed by atoms with Crippen molar-refractivity contribution >= 4 is 17.7 Å². The lowest BCUT2D eigenvalue weighted by atomic mass is 10.1. The maximum Gasteiger partial charge on any atom is 0.375 e. The van der Waals surface area contributed by atoms with Gasteiger partial charge in [-0.25, -0.2) is 10.0 Å². The molecule has 3 rings (SSSR count). The fourth-order valence-corrected chi connectivity index (χ4v) is 2.21. The number of hydrogen-bond acceptors (Lipinski definition) is 5. The van der Waals surface area contributed by atoms with Crippen LogP contribution < -0.4 is 0 Å². The first-order valence-corrected chi connectivity index (χ1v) is 5.26. The molecule has 1 N–H and O–H groups in total. The summed E-state index contributed by atoms with van der Waals surface area (Å²) in [5.41, 5.74) is 0.424. The van der Waals surface area contributed by atoms with E-state index in [1.165, 1.54) is 12.1 Å². The van der Waals surface area contributed by atoms with Crippen LogP contribution in [0, 0.1) is 5.21 Å². The Labute approximate surface area is 101 Å². The van der Waals surface area contributed by atoms with Crippen molar-refractivity contribution in [2.45, 2.75) is 6.04 Å². The summed E-state index contributed by atoms with van der Waals surface area (Å²) in [6.45, 7) is -0.510. The van der Waals surface area contributed by atoms with E-state index in [0.29, 0.717) is 0 Å². The van der Waals surface area contributed by atoms with Crippen LogP contribution in [0.2, 0.25) is 0 Å². The van der Waals surface area contributed by atoms with Crippen LogP contribution in [0.4, 0.5) is 0 Å². The van der Waals surface area contributed by atoms with Crippen molar-refractivity contribution in [2.24, 2.45) is 0 Å². The van der Waals surface area contributed by atoms with Crippen LogP contribution in [-0.2, 0) is 4.79 Å². The van der Waals surface area contributed by atoms with Crippen LogP contribution in [-0.4, -0.2) is 45.2 Å². The van der Waals surface area contributed by atoms with E-state index >= 15 is 0 Å². The van der Waals surface area contributed by atoms with E-state index in [1.54, 1.807) is 12.1 Å². The van der Waals surface area contributed by atoms with Gasteiger partial charge in [0.1, 0.15) is 0 Å². The number of benzene rings is 1. The summed E-state index contributed by atoms with van der Waals surface area (Å²) < 4.78 is 0. The SMILES string of the molecule is O=C1c2ccccc2C(=O)N1C1C[N+]([O-])(O)C1=O. The normalized spacial score (nSPS) is 30.4. The van der Waals surface area contributed by atoms with Crippen molar-refractivity contribution in [3.8, 4) is 0 Å². The summed E-state index contributed by atoms with van der Waals surface area (Å²) in [7, 11) is 0. The quantitative estimate of drug-likeness (QED) is 0.246. The molecule has 3 amide bonds. The van der Waals surface area contributed by atoms with Gasteiger partial charge in [0.05, 0.1) is 11.1 Å². The van der Waals surface area contributed by atoms with Crippen molar-refractivity contribution < 1.29 is 24.4 Å². The van der Waals surface area contributed by atoms with E-state index in [1.807, 2.05) is 0 Å². The molecule has 2 aliphatic rings. The molecular weight excluding hydrogens is 240 g/mol. The lowest BCUT2D eigenvalue weighted by Crippen LogP contribution is -2.71. The molecule has 2 heterocycles. The van der Waals surface area contributed by atoms with Gasteiger partial charge in [0.15, 0.2) is 6.54 Å². The summed E-state index contributed by atoms with van der Waals surface area (Å²) in [5.74, 6) is -2.30. The predicted octanol–water partition coefficient (Wildman–Crippen LogP) is -0.105. The fraction of sp³-hybridized carbons (Fsp3) is 0.182. The maximum absolute atomic E-state index is 12.0. The Morgan fingerprint density at radius 2 is 1.67 bits per heavy atom. The lowest BCUT2D eigenvalue weighted by Gasteiger charge is -2.44. The highest BCUT2D eigenvalue weighted by molar-refractivity contribution is 6.22. The van der Waals surface area contributed by atoms with Gasteiger partial charge in [-0.1, -0.05) is 12.1 Å².